The van der Waals surface area contributed by atoms with E-state index in [0.717, 1.165) is 41.3 Å². The first kappa shape index (κ1) is 21.5. The maximum Gasteiger partial charge on any atom is 0.254 e. The van der Waals surface area contributed by atoms with Gasteiger partial charge in [0.25, 0.3) is 5.91 Å². The summed E-state index contributed by atoms with van der Waals surface area (Å²) in [7, 11) is 0. The number of halogens is 1. The number of aryl methyl sites for hydroxylation is 1. The lowest BCUT2D eigenvalue weighted by Crippen LogP contribution is -2.41. The molecule has 3 aromatic rings. The summed E-state index contributed by atoms with van der Waals surface area (Å²) in [5.74, 6) is 1.32. The van der Waals surface area contributed by atoms with Crippen LogP contribution in [-0.2, 0) is 24.1 Å². The predicted molar refractivity (Wildman–Crippen MR) is 124 cm³/mol. The maximum atomic E-state index is 13.7. The van der Waals surface area contributed by atoms with Crippen molar-refractivity contribution >= 4 is 11.7 Å². The Labute approximate surface area is 193 Å². The molecule has 0 spiro atoms. The van der Waals surface area contributed by atoms with Crippen molar-refractivity contribution in [2.24, 2.45) is 0 Å². The van der Waals surface area contributed by atoms with Crippen LogP contribution in [0.4, 0.5) is 10.2 Å². The molecule has 1 aromatic heterocycles. The van der Waals surface area contributed by atoms with Crippen LogP contribution in [0.1, 0.15) is 38.6 Å². The molecule has 1 fully saturated rings. The number of amides is 1. The molecule has 0 saturated carbocycles. The fourth-order valence-corrected chi connectivity index (χ4v) is 4.44. The van der Waals surface area contributed by atoms with Crippen molar-refractivity contribution in [2.75, 3.05) is 37.7 Å². The van der Waals surface area contributed by atoms with Crippen LogP contribution in [0.5, 0.6) is 0 Å². The average molecular weight is 447 g/mol. The molecule has 0 bridgehead atoms. The van der Waals surface area contributed by atoms with Crippen LogP contribution in [0.3, 0.4) is 0 Å². The monoisotopic (exact) mass is 446 g/mol. The molecule has 6 nitrogen and oxygen atoms in total. The van der Waals surface area contributed by atoms with Gasteiger partial charge >= 0.3 is 0 Å². The van der Waals surface area contributed by atoms with Gasteiger partial charge in [0, 0.05) is 43.6 Å². The van der Waals surface area contributed by atoms with Crippen LogP contribution in [0.25, 0.3) is 0 Å². The van der Waals surface area contributed by atoms with Gasteiger partial charge in [0.15, 0.2) is 0 Å². The zero-order valence-electron chi connectivity index (χ0n) is 18.8. The highest BCUT2D eigenvalue weighted by Gasteiger charge is 2.28. The molecule has 170 valence electrons. The Hall–Kier alpha value is -3.32. The molecule has 0 N–H and O–H groups in total. The third kappa shape index (κ3) is 4.73. The predicted octanol–water partition coefficient (Wildman–Crippen LogP) is 3.55. The third-order valence-corrected chi connectivity index (χ3v) is 6.23. The first-order chi connectivity index (χ1) is 16.1. The molecule has 2 aliphatic rings. The third-order valence-electron chi connectivity index (χ3n) is 6.23. The van der Waals surface area contributed by atoms with Crippen molar-refractivity contribution in [3.63, 3.8) is 0 Å². The van der Waals surface area contributed by atoms with Crippen LogP contribution >= 0.6 is 0 Å². The summed E-state index contributed by atoms with van der Waals surface area (Å²) in [5.41, 5.74) is 4.65. The van der Waals surface area contributed by atoms with Crippen LogP contribution < -0.4 is 4.90 Å². The van der Waals surface area contributed by atoms with Crippen molar-refractivity contribution in [1.29, 1.82) is 0 Å². The lowest BCUT2D eigenvalue weighted by Gasteiger charge is -2.34. The number of fused-ring (bicyclic) bond motifs is 1. The van der Waals surface area contributed by atoms with Gasteiger partial charge in [-0.15, -0.1) is 0 Å². The summed E-state index contributed by atoms with van der Waals surface area (Å²) < 4.78 is 19.2. The van der Waals surface area contributed by atoms with E-state index < -0.39 is 0 Å². The smallest absolute Gasteiger partial charge is 0.254 e. The van der Waals surface area contributed by atoms with E-state index in [1.54, 1.807) is 6.07 Å². The Balaban J connectivity index is 1.46. The van der Waals surface area contributed by atoms with Crippen molar-refractivity contribution in [3.8, 4) is 0 Å². The summed E-state index contributed by atoms with van der Waals surface area (Å²) in [6.07, 6.45) is 1.14. The summed E-state index contributed by atoms with van der Waals surface area (Å²) in [6.45, 7) is 5.88. The fraction of sp³-hybridized carbons (Fsp3) is 0.346. The fourth-order valence-electron chi connectivity index (χ4n) is 4.44. The minimum atomic E-state index is -0.260. The number of hydrogen-bond donors (Lipinski definition) is 0. The zero-order valence-corrected chi connectivity index (χ0v) is 18.8. The molecule has 5 rings (SSSR count). The number of morpholine rings is 1. The lowest BCUT2D eigenvalue weighted by atomic mass is 10.0. The molecule has 0 atom stereocenters. The summed E-state index contributed by atoms with van der Waals surface area (Å²) >= 11 is 0. The van der Waals surface area contributed by atoms with E-state index in [1.165, 1.54) is 12.1 Å². The zero-order chi connectivity index (χ0) is 22.8. The van der Waals surface area contributed by atoms with E-state index in [-0.39, 0.29) is 11.7 Å². The Kier molecular flexibility index (Phi) is 6.05. The van der Waals surface area contributed by atoms with Gasteiger partial charge in [-0.1, -0.05) is 29.8 Å². The molecule has 0 unspecified atom stereocenters. The number of carbonyl (C=O) groups is 1. The molecule has 0 radical (unpaired) electrons. The molecule has 0 aliphatic carbocycles. The number of benzene rings is 2. The number of rotatable bonds is 4. The van der Waals surface area contributed by atoms with Gasteiger partial charge in [-0.2, -0.15) is 0 Å². The Morgan fingerprint density at radius 3 is 2.61 bits per heavy atom. The Morgan fingerprint density at radius 2 is 1.85 bits per heavy atom. The van der Waals surface area contributed by atoms with Gasteiger partial charge in [-0.25, -0.2) is 14.4 Å². The minimum absolute atomic E-state index is 0.0254. The van der Waals surface area contributed by atoms with E-state index in [0.29, 0.717) is 50.5 Å². The van der Waals surface area contributed by atoms with Crippen LogP contribution in [0, 0.1) is 12.7 Å². The first-order valence-corrected chi connectivity index (χ1v) is 11.4. The second-order valence-corrected chi connectivity index (χ2v) is 8.64. The number of hydrogen-bond acceptors (Lipinski definition) is 5. The van der Waals surface area contributed by atoms with Crippen molar-refractivity contribution in [3.05, 3.63) is 88.1 Å². The van der Waals surface area contributed by atoms with Gasteiger partial charge < -0.3 is 14.5 Å². The normalized spacial score (nSPS) is 15.9. The summed E-state index contributed by atoms with van der Waals surface area (Å²) in [6, 6.07) is 14.3. The number of aromatic nitrogens is 2. The quantitative estimate of drug-likeness (QED) is 0.614. The van der Waals surface area contributed by atoms with E-state index in [9.17, 15) is 9.18 Å². The minimum Gasteiger partial charge on any atom is -0.378 e. The molecule has 2 aliphatic heterocycles. The van der Waals surface area contributed by atoms with Crippen molar-refractivity contribution in [2.45, 2.75) is 26.3 Å². The Bertz CT molecular complexity index is 1160. The molecule has 1 amide bonds. The van der Waals surface area contributed by atoms with E-state index in [1.807, 2.05) is 42.2 Å². The van der Waals surface area contributed by atoms with Gasteiger partial charge in [-0.05, 0) is 36.8 Å². The average Bonchev–Trinajstić information content (AvgIpc) is 2.84. The van der Waals surface area contributed by atoms with E-state index in [4.69, 9.17) is 14.7 Å². The second kappa shape index (κ2) is 9.27. The Morgan fingerprint density at radius 1 is 1.06 bits per heavy atom. The molecule has 7 heteroatoms. The summed E-state index contributed by atoms with van der Waals surface area (Å²) in [5, 5.41) is 0. The van der Waals surface area contributed by atoms with E-state index in [2.05, 4.69) is 4.90 Å². The van der Waals surface area contributed by atoms with Gasteiger partial charge in [-0.3, -0.25) is 4.79 Å². The number of ether oxygens (including phenoxy) is 1. The van der Waals surface area contributed by atoms with Gasteiger partial charge in [0.05, 0.1) is 25.5 Å². The highest BCUT2D eigenvalue weighted by Crippen LogP contribution is 2.29. The van der Waals surface area contributed by atoms with Crippen LogP contribution in [0.15, 0.2) is 48.5 Å². The van der Waals surface area contributed by atoms with Crippen molar-refractivity contribution < 1.29 is 13.9 Å². The van der Waals surface area contributed by atoms with Gasteiger partial charge in [0.2, 0.25) is 0 Å². The van der Waals surface area contributed by atoms with Crippen LogP contribution in [0.2, 0.25) is 0 Å². The highest BCUT2D eigenvalue weighted by atomic mass is 19.1. The van der Waals surface area contributed by atoms with Crippen molar-refractivity contribution in [1.82, 2.24) is 14.9 Å². The standard InChI is InChI=1S/C26H27FN4O2/c1-18-5-7-20(8-6-18)26(32)31-10-9-23-22(17-31)25(30-11-13-33-14-12-30)29-24(28-23)16-19-3-2-4-21(27)15-19/h2-8,15H,9-14,16-17H2,1H3. The molecular formula is C26H27FN4O2. The molecule has 33 heavy (non-hydrogen) atoms. The topological polar surface area (TPSA) is 58.6 Å². The van der Waals surface area contributed by atoms with Gasteiger partial charge in [0.1, 0.15) is 17.5 Å². The number of carbonyl (C=O) groups excluding carboxylic acids is 1. The maximum absolute atomic E-state index is 13.7. The first-order valence-electron chi connectivity index (χ1n) is 11.4. The SMILES string of the molecule is Cc1ccc(C(=O)N2CCc3nc(Cc4cccc(F)c4)nc(N4CCOCC4)c3C2)cc1. The number of nitrogens with zero attached hydrogens (tertiary/aromatic N) is 4. The molecule has 1 saturated heterocycles. The van der Waals surface area contributed by atoms with E-state index >= 15 is 0 Å². The van der Waals surface area contributed by atoms with Crippen LogP contribution in [-0.4, -0.2) is 53.6 Å². The molecule has 3 heterocycles. The number of anilines is 1. The summed E-state index contributed by atoms with van der Waals surface area (Å²) in [4.78, 5) is 27.0. The second-order valence-electron chi connectivity index (χ2n) is 8.64. The molecular weight excluding hydrogens is 419 g/mol. The highest BCUT2D eigenvalue weighted by molar-refractivity contribution is 5.94. The lowest BCUT2D eigenvalue weighted by molar-refractivity contribution is 0.0733. The molecule has 2 aromatic carbocycles. The largest absolute Gasteiger partial charge is 0.378 e.